The molecule has 1 rings (SSSR count). The highest BCUT2D eigenvalue weighted by atomic mass is 16.2. The number of carbonyl (C=O) groups is 1. The third kappa shape index (κ3) is 4.66. The highest BCUT2D eigenvalue weighted by molar-refractivity contribution is 5.79. The molecule has 1 atom stereocenters. The molecule has 0 aromatic carbocycles. The van der Waals surface area contributed by atoms with Crippen LogP contribution in [0.2, 0.25) is 0 Å². The Bertz CT molecular complexity index is 247. The molecule has 2 N–H and O–H groups in total. The maximum atomic E-state index is 12.5. The number of nitrogens with two attached hydrogens (primary N) is 1. The normalized spacial score (nSPS) is 17.6. The first-order valence-corrected chi connectivity index (χ1v) is 6.96. The monoisotopic (exact) mass is 240 g/mol. The second kappa shape index (κ2) is 6.39. The van der Waals surface area contributed by atoms with Gasteiger partial charge in [0, 0.05) is 19.1 Å². The molecule has 3 nitrogen and oxygen atoms in total. The summed E-state index contributed by atoms with van der Waals surface area (Å²) in [6, 6.07) is 0.296. The molecule has 1 aliphatic rings. The van der Waals surface area contributed by atoms with Crippen molar-refractivity contribution in [2.45, 2.75) is 53.0 Å². The summed E-state index contributed by atoms with van der Waals surface area (Å²) in [5, 5.41) is 0. The fourth-order valence-electron chi connectivity index (χ4n) is 2.24. The van der Waals surface area contributed by atoms with Crippen LogP contribution in [-0.4, -0.2) is 29.9 Å². The Hall–Kier alpha value is -0.570. The molecule has 3 heteroatoms. The van der Waals surface area contributed by atoms with E-state index in [0.29, 0.717) is 18.5 Å². The van der Waals surface area contributed by atoms with Crippen molar-refractivity contribution < 1.29 is 4.79 Å². The number of hydrogen-bond donors (Lipinski definition) is 1. The molecule has 0 saturated heterocycles. The summed E-state index contributed by atoms with van der Waals surface area (Å²) in [6.07, 6.45) is 3.48. The summed E-state index contributed by atoms with van der Waals surface area (Å²) in [4.78, 5) is 14.5. The van der Waals surface area contributed by atoms with Crippen molar-refractivity contribution in [2.75, 3.05) is 13.1 Å². The summed E-state index contributed by atoms with van der Waals surface area (Å²) in [5.74, 6) is 1.56. The van der Waals surface area contributed by atoms with Gasteiger partial charge in [-0.05, 0) is 44.9 Å². The van der Waals surface area contributed by atoms with Gasteiger partial charge in [-0.2, -0.15) is 0 Å². The minimum atomic E-state index is 0.0103. The molecule has 0 aliphatic heterocycles. The molecule has 1 saturated carbocycles. The lowest BCUT2D eigenvalue weighted by Crippen LogP contribution is -2.44. The zero-order valence-electron chi connectivity index (χ0n) is 11.8. The fraction of sp³-hybridized carbons (Fsp3) is 0.929. The van der Waals surface area contributed by atoms with Gasteiger partial charge in [0.25, 0.3) is 0 Å². The second-order valence-corrected chi connectivity index (χ2v) is 6.09. The van der Waals surface area contributed by atoms with Gasteiger partial charge < -0.3 is 10.6 Å². The predicted molar refractivity (Wildman–Crippen MR) is 71.6 cm³/mol. The SMILES string of the molecule is CC(C)CC(CN)C(=O)N(CC1CC1)C(C)C. The van der Waals surface area contributed by atoms with Gasteiger partial charge in [-0.15, -0.1) is 0 Å². The maximum Gasteiger partial charge on any atom is 0.227 e. The minimum absolute atomic E-state index is 0.0103. The molecular formula is C14H28N2O. The van der Waals surface area contributed by atoms with E-state index >= 15 is 0 Å². The number of nitrogens with zero attached hydrogens (tertiary/aromatic N) is 1. The van der Waals surface area contributed by atoms with Gasteiger partial charge in [-0.1, -0.05) is 13.8 Å². The van der Waals surface area contributed by atoms with E-state index in [4.69, 9.17) is 5.73 Å². The van der Waals surface area contributed by atoms with Gasteiger partial charge >= 0.3 is 0 Å². The van der Waals surface area contributed by atoms with E-state index in [1.165, 1.54) is 12.8 Å². The van der Waals surface area contributed by atoms with Crippen LogP contribution in [-0.2, 0) is 4.79 Å². The van der Waals surface area contributed by atoms with Crippen LogP contribution < -0.4 is 5.73 Å². The molecule has 1 amide bonds. The predicted octanol–water partition coefficient (Wildman–Crippen LogP) is 2.25. The fourth-order valence-corrected chi connectivity index (χ4v) is 2.24. The van der Waals surface area contributed by atoms with Crippen LogP contribution in [0.5, 0.6) is 0 Å². The first kappa shape index (κ1) is 14.5. The Morgan fingerprint density at radius 2 is 1.88 bits per heavy atom. The van der Waals surface area contributed by atoms with Crippen molar-refractivity contribution in [1.82, 2.24) is 4.90 Å². The largest absolute Gasteiger partial charge is 0.340 e. The van der Waals surface area contributed by atoms with E-state index in [2.05, 4.69) is 27.7 Å². The first-order chi connectivity index (χ1) is 7.95. The zero-order chi connectivity index (χ0) is 13.0. The third-order valence-electron chi connectivity index (χ3n) is 3.45. The standard InChI is InChI=1S/C14H28N2O/c1-10(2)7-13(8-15)14(17)16(11(3)4)9-12-5-6-12/h10-13H,5-9,15H2,1-4H3. The molecule has 1 aliphatic carbocycles. The van der Waals surface area contributed by atoms with E-state index in [1.54, 1.807) is 0 Å². The average molecular weight is 240 g/mol. The number of rotatable bonds is 7. The molecule has 0 heterocycles. The molecule has 0 aromatic heterocycles. The van der Waals surface area contributed by atoms with Crippen LogP contribution in [0.1, 0.15) is 47.0 Å². The van der Waals surface area contributed by atoms with E-state index in [1.807, 2.05) is 4.90 Å². The van der Waals surface area contributed by atoms with Gasteiger partial charge in [0.1, 0.15) is 0 Å². The van der Waals surface area contributed by atoms with E-state index in [-0.39, 0.29) is 11.8 Å². The van der Waals surface area contributed by atoms with Crippen LogP contribution in [0.25, 0.3) is 0 Å². The molecule has 17 heavy (non-hydrogen) atoms. The Kier molecular flexibility index (Phi) is 5.44. The molecule has 1 fully saturated rings. The third-order valence-corrected chi connectivity index (χ3v) is 3.45. The van der Waals surface area contributed by atoms with Gasteiger partial charge in [0.05, 0.1) is 5.92 Å². The maximum absolute atomic E-state index is 12.5. The van der Waals surface area contributed by atoms with Crippen LogP contribution in [0, 0.1) is 17.8 Å². The number of amides is 1. The van der Waals surface area contributed by atoms with Crippen molar-refractivity contribution in [3.8, 4) is 0 Å². The number of carbonyl (C=O) groups excluding carboxylic acids is 1. The second-order valence-electron chi connectivity index (χ2n) is 6.09. The molecular weight excluding hydrogens is 212 g/mol. The highest BCUT2D eigenvalue weighted by Crippen LogP contribution is 2.31. The molecule has 0 bridgehead atoms. The van der Waals surface area contributed by atoms with Crippen molar-refractivity contribution in [2.24, 2.45) is 23.5 Å². The molecule has 1 unspecified atom stereocenters. The smallest absolute Gasteiger partial charge is 0.227 e. The van der Waals surface area contributed by atoms with Crippen molar-refractivity contribution >= 4 is 5.91 Å². The Labute approximate surface area is 106 Å². The summed E-state index contributed by atoms with van der Waals surface area (Å²) < 4.78 is 0. The topological polar surface area (TPSA) is 46.3 Å². The Morgan fingerprint density at radius 1 is 1.29 bits per heavy atom. The van der Waals surface area contributed by atoms with Gasteiger partial charge in [-0.3, -0.25) is 4.79 Å². The number of hydrogen-bond acceptors (Lipinski definition) is 2. The lowest BCUT2D eigenvalue weighted by Gasteiger charge is -2.31. The van der Waals surface area contributed by atoms with Crippen molar-refractivity contribution in [3.63, 3.8) is 0 Å². The van der Waals surface area contributed by atoms with Crippen LogP contribution in [0.4, 0.5) is 0 Å². The summed E-state index contributed by atoms with van der Waals surface area (Å²) in [7, 11) is 0. The molecule has 0 spiro atoms. The zero-order valence-corrected chi connectivity index (χ0v) is 11.8. The molecule has 0 aromatic rings. The Balaban J connectivity index is 2.59. The van der Waals surface area contributed by atoms with Crippen molar-refractivity contribution in [1.29, 1.82) is 0 Å². The van der Waals surface area contributed by atoms with Gasteiger partial charge in [0.15, 0.2) is 0 Å². The molecule has 100 valence electrons. The van der Waals surface area contributed by atoms with E-state index in [0.717, 1.165) is 18.9 Å². The quantitative estimate of drug-likeness (QED) is 0.742. The highest BCUT2D eigenvalue weighted by Gasteiger charge is 2.31. The van der Waals surface area contributed by atoms with Crippen LogP contribution >= 0.6 is 0 Å². The van der Waals surface area contributed by atoms with Crippen molar-refractivity contribution in [3.05, 3.63) is 0 Å². The van der Waals surface area contributed by atoms with Crippen LogP contribution in [0.15, 0.2) is 0 Å². The summed E-state index contributed by atoms with van der Waals surface area (Å²) in [5.41, 5.74) is 5.76. The Morgan fingerprint density at radius 3 is 2.24 bits per heavy atom. The van der Waals surface area contributed by atoms with E-state index < -0.39 is 0 Å². The average Bonchev–Trinajstić information content (AvgIpc) is 3.04. The van der Waals surface area contributed by atoms with Gasteiger partial charge in [-0.25, -0.2) is 0 Å². The first-order valence-electron chi connectivity index (χ1n) is 6.96. The minimum Gasteiger partial charge on any atom is -0.340 e. The van der Waals surface area contributed by atoms with E-state index in [9.17, 15) is 4.79 Å². The van der Waals surface area contributed by atoms with Crippen LogP contribution in [0.3, 0.4) is 0 Å². The van der Waals surface area contributed by atoms with Gasteiger partial charge in [0.2, 0.25) is 5.91 Å². The molecule has 0 radical (unpaired) electrons. The lowest BCUT2D eigenvalue weighted by atomic mass is 9.95. The summed E-state index contributed by atoms with van der Waals surface area (Å²) in [6.45, 7) is 9.91. The lowest BCUT2D eigenvalue weighted by molar-refractivity contribution is -0.137. The summed E-state index contributed by atoms with van der Waals surface area (Å²) >= 11 is 0.